The van der Waals surface area contributed by atoms with E-state index in [1.807, 2.05) is 0 Å². The van der Waals surface area contributed by atoms with Crippen molar-refractivity contribution >= 4 is 17.6 Å². The first-order chi connectivity index (χ1) is 8.31. The molecule has 0 aliphatic rings. The highest BCUT2D eigenvalue weighted by molar-refractivity contribution is 5.97. The predicted molar refractivity (Wildman–Crippen MR) is 57.6 cm³/mol. The summed E-state index contributed by atoms with van der Waals surface area (Å²) in [6, 6.07) is 1.14. The van der Waals surface area contributed by atoms with Gasteiger partial charge in [-0.3, -0.25) is 19.7 Å². The van der Waals surface area contributed by atoms with Crippen molar-refractivity contribution in [3.05, 3.63) is 39.7 Å². The first-order valence-corrected chi connectivity index (χ1v) is 4.80. The van der Waals surface area contributed by atoms with Gasteiger partial charge in [0, 0.05) is 11.6 Å². The number of carbonyl (C=O) groups is 2. The van der Waals surface area contributed by atoms with Gasteiger partial charge < -0.3 is 10.4 Å². The molecule has 2 N–H and O–H groups in total. The number of carboxylic acid groups (broad SMARTS) is 1. The van der Waals surface area contributed by atoms with Gasteiger partial charge in [-0.15, -0.1) is 0 Å². The molecule has 1 atom stereocenters. The number of non-ortho nitro benzene ring substituents is 1. The minimum absolute atomic E-state index is 0.310. The number of aliphatic carboxylic acids is 1. The van der Waals surface area contributed by atoms with E-state index in [1.165, 1.54) is 6.92 Å². The zero-order valence-electron chi connectivity index (χ0n) is 9.21. The molecule has 8 heteroatoms. The van der Waals surface area contributed by atoms with Crippen LogP contribution in [0.4, 0.5) is 10.1 Å². The minimum atomic E-state index is -1.27. The van der Waals surface area contributed by atoms with Gasteiger partial charge in [0.15, 0.2) is 0 Å². The third-order valence-electron chi connectivity index (χ3n) is 2.07. The normalized spacial score (nSPS) is 11.7. The van der Waals surface area contributed by atoms with E-state index in [1.54, 1.807) is 0 Å². The monoisotopic (exact) mass is 256 g/mol. The van der Waals surface area contributed by atoms with Crippen LogP contribution in [0.3, 0.4) is 0 Å². The third kappa shape index (κ3) is 3.24. The summed E-state index contributed by atoms with van der Waals surface area (Å²) in [5, 5.41) is 21.1. The lowest BCUT2D eigenvalue weighted by Crippen LogP contribution is -2.38. The maximum atomic E-state index is 13.0. The molecule has 0 aliphatic carbocycles. The summed E-state index contributed by atoms with van der Waals surface area (Å²) in [5.41, 5.74) is -0.891. The van der Waals surface area contributed by atoms with Crippen molar-refractivity contribution in [1.29, 1.82) is 0 Å². The number of carbonyl (C=O) groups excluding carboxylic acids is 1. The van der Waals surface area contributed by atoms with Gasteiger partial charge in [-0.05, 0) is 13.0 Å². The molecule has 0 aliphatic heterocycles. The largest absolute Gasteiger partial charge is 0.480 e. The first kappa shape index (κ1) is 13.6. The lowest BCUT2D eigenvalue weighted by Gasteiger charge is -2.09. The number of hydrogen-bond acceptors (Lipinski definition) is 4. The van der Waals surface area contributed by atoms with Gasteiger partial charge in [0.05, 0.1) is 11.0 Å². The second-order valence-electron chi connectivity index (χ2n) is 3.49. The number of nitrogens with one attached hydrogen (secondary N) is 1. The van der Waals surface area contributed by atoms with Gasteiger partial charge in [0.2, 0.25) is 0 Å². The van der Waals surface area contributed by atoms with E-state index in [-0.39, 0.29) is 5.56 Å². The van der Waals surface area contributed by atoms with Crippen LogP contribution in [0.25, 0.3) is 0 Å². The third-order valence-corrected chi connectivity index (χ3v) is 2.07. The van der Waals surface area contributed by atoms with Gasteiger partial charge in [-0.25, -0.2) is 4.39 Å². The molecular weight excluding hydrogens is 247 g/mol. The van der Waals surface area contributed by atoms with Crippen molar-refractivity contribution < 1.29 is 24.0 Å². The van der Waals surface area contributed by atoms with E-state index < -0.39 is 34.3 Å². The quantitative estimate of drug-likeness (QED) is 0.615. The second kappa shape index (κ2) is 5.21. The molecule has 0 aromatic heterocycles. The molecule has 0 saturated heterocycles. The number of nitrogens with zero attached hydrogens (tertiary/aromatic N) is 1. The molecule has 0 spiro atoms. The molecule has 0 radical (unpaired) electrons. The first-order valence-electron chi connectivity index (χ1n) is 4.80. The summed E-state index contributed by atoms with van der Waals surface area (Å²) in [6.07, 6.45) is 0. The van der Waals surface area contributed by atoms with Crippen LogP contribution in [0, 0.1) is 15.9 Å². The molecule has 0 bridgehead atoms. The fourth-order valence-electron chi connectivity index (χ4n) is 1.15. The Morgan fingerprint density at radius 3 is 2.56 bits per heavy atom. The molecular formula is C10H9FN2O5. The predicted octanol–water partition coefficient (Wildman–Crippen LogP) is 0.937. The van der Waals surface area contributed by atoms with Crippen molar-refractivity contribution in [3.8, 4) is 0 Å². The Bertz CT molecular complexity index is 517. The molecule has 7 nitrogen and oxygen atoms in total. The van der Waals surface area contributed by atoms with Gasteiger partial charge in [0.25, 0.3) is 11.6 Å². The fraction of sp³-hybridized carbons (Fsp3) is 0.200. The Morgan fingerprint density at radius 1 is 1.44 bits per heavy atom. The Morgan fingerprint density at radius 2 is 2.06 bits per heavy atom. The molecule has 96 valence electrons. The molecule has 1 amide bonds. The van der Waals surface area contributed by atoms with Crippen LogP contribution in [0.2, 0.25) is 0 Å². The van der Waals surface area contributed by atoms with E-state index in [2.05, 4.69) is 5.32 Å². The Balaban J connectivity index is 2.99. The highest BCUT2D eigenvalue weighted by Crippen LogP contribution is 2.16. The summed E-state index contributed by atoms with van der Waals surface area (Å²) in [5.74, 6) is -3.11. The van der Waals surface area contributed by atoms with E-state index in [9.17, 15) is 24.1 Å². The summed E-state index contributed by atoms with van der Waals surface area (Å²) >= 11 is 0. The van der Waals surface area contributed by atoms with Crippen molar-refractivity contribution in [3.63, 3.8) is 0 Å². The minimum Gasteiger partial charge on any atom is -0.480 e. The Kier molecular flexibility index (Phi) is 3.93. The van der Waals surface area contributed by atoms with Crippen molar-refractivity contribution in [2.24, 2.45) is 0 Å². The molecule has 1 aromatic carbocycles. The fourth-order valence-corrected chi connectivity index (χ4v) is 1.15. The highest BCUT2D eigenvalue weighted by atomic mass is 19.1. The average Bonchev–Trinajstić information content (AvgIpc) is 2.27. The number of nitro benzene ring substituents is 1. The van der Waals surface area contributed by atoms with E-state index in [0.717, 1.165) is 12.1 Å². The zero-order chi connectivity index (χ0) is 13.9. The summed E-state index contributed by atoms with van der Waals surface area (Å²) < 4.78 is 13.0. The van der Waals surface area contributed by atoms with Crippen LogP contribution < -0.4 is 5.32 Å². The number of hydrogen-bond donors (Lipinski definition) is 2. The summed E-state index contributed by atoms with van der Waals surface area (Å²) in [4.78, 5) is 31.7. The van der Waals surface area contributed by atoms with Gasteiger partial charge in [-0.2, -0.15) is 0 Å². The van der Waals surface area contributed by atoms with E-state index in [0.29, 0.717) is 6.07 Å². The number of amides is 1. The molecule has 1 rings (SSSR count). The molecule has 1 aromatic rings. The zero-order valence-corrected chi connectivity index (χ0v) is 9.21. The molecule has 18 heavy (non-hydrogen) atoms. The Hall–Kier alpha value is -2.51. The number of carboxylic acids is 1. The second-order valence-corrected chi connectivity index (χ2v) is 3.49. The number of nitro groups is 1. The van der Waals surface area contributed by atoms with Crippen LogP contribution in [-0.4, -0.2) is 27.9 Å². The van der Waals surface area contributed by atoms with Crippen molar-refractivity contribution in [2.45, 2.75) is 13.0 Å². The highest BCUT2D eigenvalue weighted by Gasteiger charge is 2.18. The molecule has 0 heterocycles. The topological polar surface area (TPSA) is 110 Å². The number of halogens is 1. The van der Waals surface area contributed by atoms with Gasteiger partial charge in [-0.1, -0.05) is 0 Å². The Labute approximate surface area is 100 Å². The van der Waals surface area contributed by atoms with Crippen molar-refractivity contribution in [1.82, 2.24) is 5.32 Å². The van der Waals surface area contributed by atoms with Crippen LogP contribution in [0.1, 0.15) is 17.3 Å². The van der Waals surface area contributed by atoms with Crippen LogP contribution >= 0.6 is 0 Å². The summed E-state index contributed by atoms with van der Waals surface area (Å²) in [6.45, 7) is 1.22. The smallest absolute Gasteiger partial charge is 0.325 e. The molecule has 0 fully saturated rings. The molecule has 1 unspecified atom stereocenters. The molecule has 0 saturated carbocycles. The lowest BCUT2D eigenvalue weighted by atomic mass is 10.1. The standard InChI is InChI=1S/C10H9FN2O5/c1-5(10(15)16)12-9(14)6-2-7(11)4-8(3-6)13(17)18/h2-5H,1H3,(H,12,14)(H,15,16). The average molecular weight is 256 g/mol. The number of rotatable bonds is 4. The van der Waals surface area contributed by atoms with Crippen molar-refractivity contribution in [2.75, 3.05) is 0 Å². The van der Waals surface area contributed by atoms with Crippen LogP contribution in [0.15, 0.2) is 18.2 Å². The maximum absolute atomic E-state index is 13.0. The van der Waals surface area contributed by atoms with Gasteiger partial charge in [0.1, 0.15) is 11.9 Å². The van der Waals surface area contributed by atoms with E-state index in [4.69, 9.17) is 5.11 Å². The maximum Gasteiger partial charge on any atom is 0.325 e. The lowest BCUT2D eigenvalue weighted by molar-refractivity contribution is -0.385. The van der Waals surface area contributed by atoms with E-state index >= 15 is 0 Å². The number of benzene rings is 1. The SMILES string of the molecule is CC(NC(=O)c1cc(F)cc([N+](=O)[O-])c1)C(=O)O. The van der Waals surface area contributed by atoms with Crippen LogP contribution in [0.5, 0.6) is 0 Å². The van der Waals surface area contributed by atoms with Crippen LogP contribution in [-0.2, 0) is 4.79 Å². The summed E-state index contributed by atoms with van der Waals surface area (Å²) in [7, 11) is 0. The van der Waals surface area contributed by atoms with Gasteiger partial charge >= 0.3 is 5.97 Å².